The molecule has 1 heterocycles. The maximum absolute atomic E-state index is 12.6. The molecule has 0 aliphatic rings. The van der Waals surface area contributed by atoms with E-state index in [0.717, 1.165) is 8.09 Å². The summed E-state index contributed by atoms with van der Waals surface area (Å²) < 4.78 is 27.2. The van der Waals surface area contributed by atoms with Gasteiger partial charge in [0.25, 0.3) is 10.0 Å². The third-order valence-corrected chi connectivity index (χ3v) is 6.42. The second kappa shape index (κ2) is 5.56. The molecule has 1 aromatic carbocycles. The molecule has 0 saturated heterocycles. The topological polar surface area (TPSA) is 61.2 Å². The highest BCUT2D eigenvalue weighted by atomic mass is 79.9. The van der Waals surface area contributed by atoms with Gasteiger partial charge in [0.15, 0.2) is 0 Å². The molecule has 0 atom stereocenters. The highest BCUT2D eigenvalue weighted by Crippen LogP contribution is 2.33. The highest BCUT2D eigenvalue weighted by molar-refractivity contribution is 9.11. The van der Waals surface area contributed by atoms with Crippen molar-refractivity contribution in [3.05, 3.63) is 44.6 Å². The molecule has 2 rings (SSSR count). The summed E-state index contributed by atoms with van der Waals surface area (Å²) in [7, 11) is -2.22. The van der Waals surface area contributed by atoms with E-state index in [1.165, 1.54) is 18.4 Å². The van der Waals surface area contributed by atoms with Gasteiger partial charge in [-0.1, -0.05) is 12.1 Å². The number of rotatable bonds is 3. The quantitative estimate of drug-likeness (QED) is 0.830. The largest absolute Gasteiger partial charge is 0.268 e. The van der Waals surface area contributed by atoms with Crippen LogP contribution in [0.2, 0.25) is 0 Å². The molecule has 0 aliphatic heterocycles. The number of benzene rings is 1. The van der Waals surface area contributed by atoms with Crippen LogP contribution in [0.15, 0.2) is 39.0 Å². The van der Waals surface area contributed by atoms with Crippen LogP contribution in [-0.4, -0.2) is 15.5 Å². The average Bonchev–Trinajstić information content (AvgIpc) is 2.77. The van der Waals surface area contributed by atoms with Crippen molar-refractivity contribution in [1.82, 2.24) is 0 Å². The summed E-state index contributed by atoms with van der Waals surface area (Å²) in [5, 5.41) is 9.09. The lowest BCUT2D eigenvalue weighted by atomic mass is 10.2. The van der Waals surface area contributed by atoms with E-state index < -0.39 is 10.0 Å². The first kappa shape index (κ1) is 15.0. The Kier molecular flexibility index (Phi) is 4.18. The van der Waals surface area contributed by atoms with Gasteiger partial charge in [-0.25, -0.2) is 8.42 Å². The van der Waals surface area contributed by atoms with E-state index in [2.05, 4.69) is 15.9 Å². The molecule has 104 valence electrons. The maximum atomic E-state index is 12.6. The molecule has 2 aromatic rings. The number of aryl methyl sites for hydroxylation is 1. The van der Waals surface area contributed by atoms with Crippen LogP contribution in [0.4, 0.5) is 5.69 Å². The molecule has 0 radical (unpaired) electrons. The number of anilines is 1. The Balaban J connectivity index is 2.55. The first-order valence-electron chi connectivity index (χ1n) is 5.62. The predicted molar refractivity (Wildman–Crippen MR) is 83.5 cm³/mol. The van der Waals surface area contributed by atoms with E-state index in [1.807, 2.05) is 6.07 Å². The molecule has 0 aliphatic carbocycles. The van der Waals surface area contributed by atoms with Gasteiger partial charge < -0.3 is 0 Å². The number of thiophene rings is 1. The van der Waals surface area contributed by atoms with E-state index >= 15 is 0 Å². The molecule has 0 saturated carbocycles. The second-order valence-electron chi connectivity index (χ2n) is 4.07. The summed E-state index contributed by atoms with van der Waals surface area (Å²) in [4.78, 5) is 0.961. The lowest BCUT2D eigenvalue weighted by Crippen LogP contribution is -2.27. The number of halogens is 1. The van der Waals surface area contributed by atoms with E-state index in [0.29, 0.717) is 16.1 Å². The van der Waals surface area contributed by atoms with E-state index in [9.17, 15) is 8.42 Å². The van der Waals surface area contributed by atoms with Crippen molar-refractivity contribution in [3.63, 3.8) is 0 Å². The summed E-state index contributed by atoms with van der Waals surface area (Å²) in [5.74, 6) is 0. The molecule has 4 nitrogen and oxygen atoms in total. The highest BCUT2D eigenvalue weighted by Gasteiger charge is 2.26. The Morgan fingerprint density at radius 2 is 2.00 bits per heavy atom. The lowest BCUT2D eigenvalue weighted by Gasteiger charge is -2.20. The Morgan fingerprint density at radius 3 is 2.55 bits per heavy atom. The smallest absolute Gasteiger partial charge is 0.265 e. The van der Waals surface area contributed by atoms with Gasteiger partial charge in [0.2, 0.25) is 0 Å². The summed E-state index contributed by atoms with van der Waals surface area (Å²) in [6.07, 6.45) is 0. The normalized spacial score (nSPS) is 11.1. The molecule has 20 heavy (non-hydrogen) atoms. The van der Waals surface area contributed by atoms with Crippen LogP contribution >= 0.6 is 27.3 Å². The molecule has 0 bridgehead atoms. The van der Waals surface area contributed by atoms with Gasteiger partial charge in [0.05, 0.1) is 15.0 Å². The van der Waals surface area contributed by atoms with Crippen LogP contribution in [0.3, 0.4) is 0 Å². The lowest BCUT2D eigenvalue weighted by molar-refractivity contribution is 0.594. The molecule has 0 N–H and O–H groups in total. The SMILES string of the molecule is Cc1sc(Br)cc1S(=O)(=O)N(C)c1ccccc1C#N. The van der Waals surface area contributed by atoms with Crippen molar-refractivity contribution in [3.8, 4) is 6.07 Å². The second-order valence-corrected chi connectivity index (χ2v) is 8.65. The number of hydrogen-bond donors (Lipinski definition) is 0. The molecule has 7 heteroatoms. The molecule has 0 amide bonds. The van der Waals surface area contributed by atoms with Gasteiger partial charge in [0, 0.05) is 11.9 Å². The summed E-state index contributed by atoms with van der Waals surface area (Å²) >= 11 is 4.66. The minimum Gasteiger partial charge on any atom is -0.268 e. The van der Waals surface area contributed by atoms with Crippen molar-refractivity contribution in [1.29, 1.82) is 5.26 Å². The zero-order valence-corrected chi connectivity index (χ0v) is 14.0. The minimum atomic E-state index is -3.67. The third kappa shape index (κ3) is 2.59. The fourth-order valence-electron chi connectivity index (χ4n) is 1.81. The minimum absolute atomic E-state index is 0.254. The molecular formula is C13H11BrN2O2S2. The fourth-order valence-corrected chi connectivity index (χ4v) is 5.40. The third-order valence-electron chi connectivity index (χ3n) is 2.84. The summed E-state index contributed by atoms with van der Waals surface area (Å²) in [5.41, 5.74) is 0.697. The van der Waals surface area contributed by atoms with Gasteiger partial charge in [-0.15, -0.1) is 11.3 Å². The van der Waals surface area contributed by atoms with Gasteiger partial charge in [-0.05, 0) is 41.1 Å². The van der Waals surface area contributed by atoms with Crippen molar-refractivity contribution >= 4 is 43.0 Å². The van der Waals surface area contributed by atoms with Gasteiger partial charge >= 0.3 is 0 Å². The van der Waals surface area contributed by atoms with Gasteiger partial charge in [-0.3, -0.25) is 4.31 Å². The predicted octanol–water partition coefficient (Wildman–Crippen LogP) is 3.52. The van der Waals surface area contributed by atoms with E-state index in [-0.39, 0.29) is 4.90 Å². The summed E-state index contributed by atoms with van der Waals surface area (Å²) in [6, 6.07) is 10.2. The zero-order valence-electron chi connectivity index (χ0n) is 10.8. The molecule has 0 fully saturated rings. The average molecular weight is 371 g/mol. The van der Waals surface area contributed by atoms with Crippen LogP contribution in [0.5, 0.6) is 0 Å². The van der Waals surface area contributed by atoms with Gasteiger partial charge in [-0.2, -0.15) is 5.26 Å². The Labute approximate surface area is 130 Å². The number of nitrogens with zero attached hydrogens (tertiary/aromatic N) is 2. The van der Waals surface area contributed by atoms with Crippen LogP contribution in [-0.2, 0) is 10.0 Å². The standard InChI is InChI=1S/C13H11BrN2O2S2/c1-9-12(7-13(14)19-9)20(17,18)16(2)11-6-4-3-5-10(11)8-15/h3-7H,1-2H3. The van der Waals surface area contributed by atoms with Crippen LogP contribution in [0.1, 0.15) is 10.4 Å². The number of para-hydroxylation sites is 1. The first-order valence-corrected chi connectivity index (χ1v) is 8.67. The van der Waals surface area contributed by atoms with Crippen LogP contribution < -0.4 is 4.31 Å². The number of sulfonamides is 1. The fraction of sp³-hybridized carbons (Fsp3) is 0.154. The Bertz CT molecular complexity index is 791. The van der Waals surface area contributed by atoms with Crippen LogP contribution in [0, 0.1) is 18.3 Å². The molecular weight excluding hydrogens is 360 g/mol. The van der Waals surface area contributed by atoms with E-state index in [1.54, 1.807) is 37.3 Å². The number of nitriles is 1. The van der Waals surface area contributed by atoms with Crippen molar-refractivity contribution in [2.75, 3.05) is 11.4 Å². The van der Waals surface area contributed by atoms with Gasteiger partial charge in [0.1, 0.15) is 11.0 Å². The molecule has 1 aromatic heterocycles. The monoisotopic (exact) mass is 370 g/mol. The maximum Gasteiger partial charge on any atom is 0.265 e. The number of hydrogen-bond acceptors (Lipinski definition) is 4. The van der Waals surface area contributed by atoms with Crippen molar-refractivity contribution in [2.45, 2.75) is 11.8 Å². The van der Waals surface area contributed by atoms with E-state index in [4.69, 9.17) is 5.26 Å². The molecule has 0 spiro atoms. The Morgan fingerprint density at radius 1 is 1.35 bits per heavy atom. The molecule has 0 unspecified atom stereocenters. The zero-order chi connectivity index (χ0) is 14.9. The first-order chi connectivity index (χ1) is 9.37. The Hall–Kier alpha value is -1.36. The van der Waals surface area contributed by atoms with Crippen molar-refractivity contribution in [2.24, 2.45) is 0 Å². The van der Waals surface area contributed by atoms with Crippen molar-refractivity contribution < 1.29 is 8.42 Å². The summed E-state index contributed by atoms with van der Waals surface area (Å²) in [6.45, 7) is 1.76. The van der Waals surface area contributed by atoms with Crippen LogP contribution in [0.25, 0.3) is 0 Å².